The van der Waals surface area contributed by atoms with Crippen LogP contribution in [-0.2, 0) is 6.42 Å². The van der Waals surface area contributed by atoms with Crippen LogP contribution in [0.5, 0.6) is 0 Å². The van der Waals surface area contributed by atoms with Crippen LogP contribution in [0.15, 0.2) is 54.7 Å². The molecule has 0 fully saturated rings. The highest BCUT2D eigenvalue weighted by atomic mass is 15.1. The molecule has 0 atom stereocenters. The predicted octanol–water partition coefficient (Wildman–Crippen LogP) is 5.28. The molecule has 0 unspecified atom stereocenters. The molecule has 0 radical (unpaired) electrons. The number of fused-ring (bicyclic) bond motifs is 1. The molecule has 3 N–H and O–H groups in total. The van der Waals surface area contributed by atoms with Gasteiger partial charge in [0.15, 0.2) is 0 Å². The number of para-hydroxylation sites is 1. The molecule has 5 heteroatoms. The minimum absolute atomic E-state index is 0.741. The molecule has 5 nitrogen and oxygen atoms in total. The van der Waals surface area contributed by atoms with E-state index in [2.05, 4.69) is 88.1 Å². The van der Waals surface area contributed by atoms with E-state index in [-0.39, 0.29) is 0 Å². The van der Waals surface area contributed by atoms with E-state index in [0.717, 1.165) is 36.1 Å². The van der Waals surface area contributed by atoms with Crippen LogP contribution in [0.25, 0.3) is 10.9 Å². The third kappa shape index (κ3) is 3.98. The van der Waals surface area contributed by atoms with Gasteiger partial charge in [-0.3, -0.25) is 0 Å². The average Bonchev–Trinajstić information content (AvgIpc) is 3.08. The van der Waals surface area contributed by atoms with Crippen molar-refractivity contribution in [3.63, 3.8) is 0 Å². The maximum Gasteiger partial charge on any atom is 0.136 e. The Bertz CT molecular complexity index is 1110. The van der Waals surface area contributed by atoms with Crippen LogP contribution < -0.4 is 10.6 Å². The summed E-state index contributed by atoms with van der Waals surface area (Å²) in [6.07, 6.45) is 3.01. The van der Waals surface area contributed by atoms with Crippen LogP contribution in [0.4, 0.5) is 17.3 Å². The van der Waals surface area contributed by atoms with Crippen molar-refractivity contribution in [2.75, 3.05) is 17.2 Å². The van der Waals surface area contributed by atoms with Crippen LogP contribution >= 0.6 is 0 Å². The third-order valence-corrected chi connectivity index (χ3v) is 4.87. The summed E-state index contributed by atoms with van der Waals surface area (Å²) in [5, 5.41) is 8.14. The lowest BCUT2D eigenvalue weighted by atomic mass is 10.1. The summed E-state index contributed by atoms with van der Waals surface area (Å²) in [6, 6.07) is 16.7. The minimum Gasteiger partial charge on any atom is -0.370 e. The van der Waals surface area contributed by atoms with Gasteiger partial charge in [-0.05, 0) is 56.0 Å². The van der Waals surface area contributed by atoms with Gasteiger partial charge >= 0.3 is 0 Å². The Hall–Kier alpha value is -3.34. The number of nitrogens with zero attached hydrogens (tertiary/aromatic N) is 2. The molecule has 2 heterocycles. The average molecular weight is 371 g/mol. The van der Waals surface area contributed by atoms with Gasteiger partial charge in [-0.2, -0.15) is 0 Å². The summed E-state index contributed by atoms with van der Waals surface area (Å²) in [7, 11) is 0. The summed E-state index contributed by atoms with van der Waals surface area (Å²) in [5.74, 6) is 2.38. The lowest BCUT2D eigenvalue weighted by Gasteiger charge is -2.12. The molecule has 4 rings (SSSR count). The largest absolute Gasteiger partial charge is 0.370 e. The molecular formula is C23H25N5. The monoisotopic (exact) mass is 371 g/mol. The van der Waals surface area contributed by atoms with Gasteiger partial charge in [0.05, 0.1) is 0 Å². The Labute approximate surface area is 165 Å². The highest BCUT2D eigenvalue weighted by molar-refractivity contribution is 5.83. The van der Waals surface area contributed by atoms with Crippen LogP contribution in [0.2, 0.25) is 0 Å². The van der Waals surface area contributed by atoms with Gasteiger partial charge in [0.25, 0.3) is 0 Å². The van der Waals surface area contributed by atoms with Crippen molar-refractivity contribution in [1.29, 1.82) is 0 Å². The Morgan fingerprint density at radius 2 is 1.75 bits per heavy atom. The van der Waals surface area contributed by atoms with Gasteiger partial charge < -0.3 is 15.6 Å². The fraction of sp³-hybridized carbons (Fsp3) is 0.217. The Kier molecular flexibility index (Phi) is 4.98. The summed E-state index contributed by atoms with van der Waals surface area (Å²) in [5.41, 5.74) is 5.97. The van der Waals surface area contributed by atoms with E-state index in [1.807, 2.05) is 13.0 Å². The zero-order valence-corrected chi connectivity index (χ0v) is 16.5. The van der Waals surface area contributed by atoms with Crippen molar-refractivity contribution in [2.24, 2.45) is 0 Å². The first-order chi connectivity index (χ1) is 13.6. The molecule has 0 saturated heterocycles. The Morgan fingerprint density at radius 1 is 0.929 bits per heavy atom. The number of nitrogens with one attached hydrogen (secondary N) is 3. The normalized spacial score (nSPS) is 11.0. The molecule has 0 amide bonds. The molecule has 2 aromatic carbocycles. The van der Waals surface area contributed by atoms with Crippen molar-refractivity contribution in [2.45, 2.75) is 27.2 Å². The SMILES string of the molecule is Cc1ccc(C)c(Nc2cc(NCCc3c[nH]c4ccccc34)nc(C)n2)c1. The molecule has 0 aliphatic rings. The standard InChI is InChI=1S/C23H25N5/c1-15-8-9-16(2)21(12-15)28-23-13-22(26-17(3)27-23)24-11-10-18-14-25-20-7-5-4-6-19(18)20/h4-9,12-14,25H,10-11H2,1-3H3,(H2,24,26,27,28). The van der Waals surface area contributed by atoms with E-state index in [9.17, 15) is 0 Å². The number of benzene rings is 2. The first-order valence-corrected chi connectivity index (χ1v) is 9.57. The highest BCUT2D eigenvalue weighted by Gasteiger charge is 2.06. The summed E-state index contributed by atoms with van der Waals surface area (Å²) in [4.78, 5) is 12.4. The van der Waals surface area contributed by atoms with E-state index in [1.165, 1.54) is 27.6 Å². The minimum atomic E-state index is 0.741. The van der Waals surface area contributed by atoms with E-state index < -0.39 is 0 Å². The number of aryl methyl sites for hydroxylation is 3. The smallest absolute Gasteiger partial charge is 0.136 e. The van der Waals surface area contributed by atoms with Crippen LogP contribution in [0.3, 0.4) is 0 Å². The maximum absolute atomic E-state index is 4.53. The zero-order valence-electron chi connectivity index (χ0n) is 16.5. The Balaban J connectivity index is 1.46. The van der Waals surface area contributed by atoms with Crippen LogP contribution in [-0.4, -0.2) is 21.5 Å². The lowest BCUT2D eigenvalue weighted by Crippen LogP contribution is -2.08. The third-order valence-electron chi connectivity index (χ3n) is 4.87. The molecule has 2 aromatic heterocycles. The molecule has 0 bridgehead atoms. The Morgan fingerprint density at radius 3 is 2.64 bits per heavy atom. The predicted molar refractivity (Wildman–Crippen MR) is 116 cm³/mol. The van der Waals surface area contributed by atoms with E-state index >= 15 is 0 Å². The van der Waals surface area contributed by atoms with Crippen molar-refractivity contribution < 1.29 is 0 Å². The molecule has 4 aromatic rings. The number of H-pyrrole nitrogens is 1. The van der Waals surface area contributed by atoms with Crippen molar-refractivity contribution in [3.8, 4) is 0 Å². The maximum atomic E-state index is 4.53. The van der Waals surface area contributed by atoms with Gasteiger partial charge in [0.2, 0.25) is 0 Å². The number of hydrogen-bond acceptors (Lipinski definition) is 4. The van der Waals surface area contributed by atoms with Crippen molar-refractivity contribution >= 4 is 28.2 Å². The topological polar surface area (TPSA) is 65.6 Å². The van der Waals surface area contributed by atoms with E-state index in [1.54, 1.807) is 0 Å². The quantitative estimate of drug-likeness (QED) is 0.431. The number of anilines is 3. The number of aromatic amines is 1. The lowest BCUT2D eigenvalue weighted by molar-refractivity contribution is 0.988. The zero-order chi connectivity index (χ0) is 19.5. The highest BCUT2D eigenvalue weighted by Crippen LogP contribution is 2.22. The van der Waals surface area contributed by atoms with Gasteiger partial charge in [0, 0.05) is 35.4 Å². The molecule has 0 aliphatic heterocycles. The fourth-order valence-corrected chi connectivity index (χ4v) is 3.39. The molecule has 142 valence electrons. The fourth-order valence-electron chi connectivity index (χ4n) is 3.39. The summed E-state index contributed by atoms with van der Waals surface area (Å²) >= 11 is 0. The summed E-state index contributed by atoms with van der Waals surface area (Å²) in [6.45, 7) is 6.91. The molecule has 28 heavy (non-hydrogen) atoms. The molecule has 0 saturated carbocycles. The first kappa shape index (κ1) is 18.0. The van der Waals surface area contributed by atoms with Gasteiger partial charge in [-0.1, -0.05) is 30.3 Å². The second-order valence-corrected chi connectivity index (χ2v) is 7.17. The van der Waals surface area contributed by atoms with Crippen molar-refractivity contribution in [1.82, 2.24) is 15.0 Å². The number of rotatable bonds is 6. The van der Waals surface area contributed by atoms with Crippen molar-refractivity contribution in [3.05, 3.63) is 77.2 Å². The van der Waals surface area contributed by atoms with Crippen LogP contribution in [0, 0.1) is 20.8 Å². The molecule has 0 spiro atoms. The first-order valence-electron chi connectivity index (χ1n) is 9.57. The molecule has 0 aliphatic carbocycles. The second-order valence-electron chi connectivity index (χ2n) is 7.17. The van der Waals surface area contributed by atoms with Gasteiger partial charge in [-0.25, -0.2) is 9.97 Å². The van der Waals surface area contributed by atoms with Gasteiger partial charge in [0.1, 0.15) is 17.5 Å². The van der Waals surface area contributed by atoms with Gasteiger partial charge in [-0.15, -0.1) is 0 Å². The molecular weight excluding hydrogens is 346 g/mol. The van der Waals surface area contributed by atoms with E-state index in [4.69, 9.17) is 0 Å². The number of hydrogen-bond donors (Lipinski definition) is 3. The second kappa shape index (κ2) is 7.72. The van der Waals surface area contributed by atoms with Crippen LogP contribution in [0.1, 0.15) is 22.5 Å². The van der Waals surface area contributed by atoms with E-state index in [0.29, 0.717) is 0 Å². The number of aromatic nitrogens is 3. The summed E-state index contributed by atoms with van der Waals surface area (Å²) < 4.78 is 0.